The van der Waals surface area contributed by atoms with Gasteiger partial charge in [-0.1, -0.05) is 73.3 Å². The van der Waals surface area contributed by atoms with Gasteiger partial charge in [0.1, 0.15) is 12.6 Å². The summed E-state index contributed by atoms with van der Waals surface area (Å²) in [5.74, 6) is -0.674. The van der Waals surface area contributed by atoms with E-state index in [1.165, 1.54) is 35.6 Å². The van der Waals surface area contributed by atoms with Crippen LogP contribution in [0.25, 0.3) is 0 Å². The number of halogens is 1. The molecule has 1 N–H and O–H groups in total. The maximum Gasteiger partial charge on any atom is 0.264 e. The Bertz CT molecular complexity index is 1420. The number of sulfonamides is 1. The molecule has 3 aromatic carbocycles. The number of carbonyl (C=O) groups excluding carboxylic acids is 2. The fourth-order valence-electron chi connectivity index (χ4n) is 5.18. The van der Waals surface area contributed by atoms with Crippen LogP contribution in [0, 0.1) is 6.92 Å². The van der Waals surface area contributed by atoms with Gasteiger partial charge in [0.25, 0.3) is 10.0 Å². The van der Waals surface area contributed by atoms with Crippen LogP contribution in [0.2, 0.25) is 5.02 Å². The molecule has 2 amide bonds. The van der Waals surface area contributed by atoms with E-state index in [0.717, 1.165) is 41.1 Å². The van der Waals surface area contributed by atoms with Crippen molar-refractivity contribution in [2.45, 2.75) is 69.4 Å². The first-order valence-corrected chi connectivity index (χ1v) is 16.0. The lowest BCUT2D eigenvalue weighted by atomic mass is 9.95. The quantitative estimate of drug-likeness (QED) is 0.306. The predicted molar refractivity (Wildman–Crippen MR) is 163 cm³/mol. The zero-order valence-electron chi connectivity index (χ0n) is 23.6. The third kappa shape index (κ3) is 8.11. The molecule has 3 aromatic rings. The molecule has 0 aromatic heterocycles. The Kier molecular flexibility index (Phi) is 10.5. The van der Waals surface area contributed by atoms with Gasteiger partial charge in [0, 0.05) is 17.6 Å². The molecule has 4 rings (SSSR count). The van der Waals surface area contributed by atoms with Crippen molar-refractivity contribution in [1.82, 2.24) is 10.2 Å². The molecule has 0 saturated heterocycles. The minimum atomic E-state index is -4.13. The summed E-state index contributed by atoms with van der Waals surface area (Å²) in [5.41, 5.74) is 2.25. The molecule has 41 heavy (non-hydrogen) atoms. The molecule has 1 aliphatic rings. The first-order valence-electron chi connectivity index (χ1n) is 14.1. The predicted octanol–water partition coefficient (Wildman–Crippen LogP) is 5.75. The van der Waals surface area contributed by atoms with E-state index in [-0.39, 0.29) is 23.4 Å². The fraction of sp³-hybridized carbons (Fsp3) is 0.375. The molecule has 218 valence electrons. The van der Waals surface area contributed by atoms with Crippen LogP contribution in [0.15, 0.2) is 83.8 Å². The Morgan fingerprint density at radius 2 is 1.63 bits per heavy atom. The zero-order valence-corrected chi connectivity index (χ0v) is 25.2. The molecule has 1 fully saturated rings. The molecule has 0 radical (unpaired) electrons. The number of benzene rings is 3. The van der Waals surface area contributed by atoms with Gasteiger partial charge in [0.05, 0.1) is 10.6 Å². The number of carbonyl (C=O) groups is 2. The highest BCUT2D eigenvalue weighted by Crippen LogP contribution is 2.26. The summed E-state index contributed by atoms with van der Waals surface area (Å²) in [6.07, 6.45) is 5.70. The molecular weight excluding hydrogens is 558 g/mol. The van der Waals surface area contributed by atoms with E-state index in [1.807, 2.05) is 43.3 Å². The molecule has 0 spiro atoms. The van der Waals surface area contributed by atoms with Gasteiger partial charge < -0.3 is 10.2 Å². The monoisotopic (exact) mass is 595 g/mol. The average molecular weight is 596 g/mol. The summed E-state index contributed by atoms with van der Waals surface area (Å²) >= 11 is 6.02. The SMILES string of the molecule is Cc1cccc(N(CC(=O)N(CCc2ccccc2)C(C)C(=O)NC2CCCCC2)S(=O)(=O)c2ccc(Cl)cc2)c1. The first-order chi connectivity index (χ1) is 19.6. The van der Waals surface area contributed by atoms with E-state index in [2.05, 4.69) is 5.32 Å². The summed E-state index contributed by atoms with van der Waals surface area (Å²) in [7, 11) is -4.13. The van der Waals surface area contributed by atoms with Gasteiger partial charge >= 0.3 is 0 Å². The topological polar surface area (TPSA) is 86.8 Å². The summed E-state index contributed by atoms with van der Waals surface area (Å²) in [4.78, 5) is 28.9. The van der Waals surface area contributed by atoms with Crippen molar-refractivity contribution in [3.05, 3.63) is 95.0 Å². The van der Waals surface area contributed by atoms with Gasteiger partial charge in [-0.25, -0.2) is 8.42 Å². The number of nitrogens with one attached hydrogen (secondary N) is 1. The number of aryl methyl sites for hydroxylation is 1. The highest BCUT2D eigenvalue weighted by atomic mass is 35.5. The minimum absolute atomic E-state index is 0.0233. The van der Waals surface area contributed by atoms with Crippen LogP contribution in [-0.2, 0) is 26.0 Å². The van der Waals surface area contributed by atoms with Crippen LogP contribution in [0.3, 0.4) is 0 Å². The second kappa shape index (κ2) is 14.0. The molecule has 1 aliphatic carbocycles. The van der Waals surface area contributed by atoms with E-state index in [0.29, 0.717) is 17.1 Å². The number of hydrogen-bond acceptors (Lipinski definition) is 4. The highest BCUT2D eigenvalue weighted by Gasteiger charge is 2.33. The molecule has 0 aliphatic heterocycles. The lowest BCUT2D eigenvalue weighted by Crippen LogP contribution is -2.53. The minimum Gasteiger partial charge on any atom is -0.352 e. The van der Waals surface area contributed by atoms with Crippen molar-refractivity contribution in [3.63, 3.8) is 0 Å². The van der Waals surface area contributed by atoms with Crippen molar-refractivity contribution >= 4 is 39.1 Å². The second-order valence-corrected chi connectivity index (χ2v) is 12.9. The standard InChI is InChI=1S/C32H38ClN3O4S/c1-24-10-9-15-29(22-24)36(41(39,40)30-18-16-27(33)17-19-30)23-31(37)35(21-20-26-11-5-3-6-12-26)25(2)32(38)34-28-13-7-4-8-14-28/h3,5-6,9-12,15-19,22,25,28H,4,7-8,13-14,20-21,23H2,1-2H3,(H,34,38). The van der Waals surface area contributed by atoms with E-state index < -0.39 is 28.5 Å². The Morgan fingerprint density at radius 3 is 2.29 bits per heavy atom. The van der Waals surface area contributed by atoms with Gasteiger partial charge in [-0.2, -0.15) is 0 Å². The number of nitrogens with zero attached hydrogens (tertiary/aromatic N) is 2. The molecule has 7 nitrogen and oxygen atoms in total. The number of amides is 2. The highest BCUT2D eigenvalue weighted by molar-refractivity contribution is 7.92. The maximum absolute atomic E-state index is 14.0. The normalized spacial score (nSPS) is 14.7. The van der Waals surface area contributed by atoms with Crippen LogP contribution in [0.1, 0.15) is 50.2 Å². The van der Waals surface area contributed by atoms with E-state index in [4.69, 9.17) is 11.6 Å². The second-order valence-electron chi connectivity index (χ2n) is 10.6. The van der Waals surface area contributed by atoms with Gasteiger partial charge in [-0.05, 0) is 80.6 Å². The smallest absolute Gasteiger partial charge is 0.264 e. The Labute approximate surface area is 248 Å². The Hall–Kier alpha value is -3.36. The lowest BCUT2D eigenvalue weighted by Gasteiger charge is -2.33. The van der Waals surface area contributed by atoms with Gasteiger partial charge in [-0.15, -0.1) is 0 Å². The molecule has 1 atom stereocenters. The summed E-state index contributed by atoms with van der Waals surface area (Å²) in [6, 6.07) is 21.9. The number of hydrogen-bond donors (Lipinski definition) is 1. The van der Waals surface area contributed by atoms with E-state index in [9.17, 15) is 18.0 Å². The zero-order chi connectivity index (χ0) is 29.4. The molecule has 0 bridgehead atoms. The third-order valence-electron chi connectivity index (χ3n) is 7.57. The van der Waals surface area contributed by atoms with E-state index in [1.54, 1.807) is 25.1 Å². The van der Waals surface area contributed by atoms with E-state index >= 15 is 0 Å². The molecule has 0 heterocycles. The summed E-state index contributed by atoms with van der Waals surface area (Å²) in [6.45, 7) is 3.39. The molecule has 9 heteroatoms. The third-order valence-corrected chi connectivity index (χ3v) is 9.61. The van der Waals surface area contributed by atoms with Crippen LogP contribution in [0.4, 0.5) is 5.69 Å². The maximum atomic E-state index is 14.0. The van der Waals surface area contributed by atoms with Crippen molar-refractivity contribution in [2.75, 3.05) is 17.4 Å². The van der Waals surface area contributed by atoms with Crippen molar-refractivity contribution < 1.29 is 18.0 Å². The van der Waals surface area contributed by atoms with Crippen LogP contribution in [0.5, 0.6) is 0 Å². The van der Waals surface area contributed by atoms with Gasteiger partial charge in [0.2, 0.25) is 11.8 Å². The van der Waals surface area contributed by atoms with Gasteiger partial charge in [0.15, 0.2) is 0 Å². The van der Waals surface area contributed by atoms with Crippen molar-refractivity contribution in [1.29, 1.82) is 0 Å². The van der Waals surface area contributed by atoms with Crippen LogP contribution < -0.4 is 9.62 Å². The summed E-state index contributed by atoms with van der Waals surface area (Å²) in [5, 5.41) is 3.54. The molecule has 1 saturated carbocycles. The average Bonchev–Trinajstić information content (AvgIpc) is 2.97. The van der Waals surface area contributed by atoms with Crippen LogP contribution in [-0.4, -0.2) is 50.3 Å². The van der Waals surface area contributed by atoms with Crippen molar-refractivity contribution in [3.8, 4) is 0 Å². The largest absolute Gasteiger partial charge is 0.352 e. The molecule has 1 unspecified atom stereocenters. The fourth-order valence-corrected chi connectivity index (χ4v) is 6.72. The summed E-state index contributed by atoms with van der Waals surface area (Å²) < 4.78 is 28.9. The van der Waals surface area contributed by atoms with Crippen molar-refractivity contribution in [2.24, 2.45) is 0 Å². The Morgan fingerprint density at radius 1 is 0.951 bits per heavy atom. The lowest BCUT2D eigenvalue weighted by molar-refractivity contribution is -0.139. The molecular formula is C32H38ClN3O4S. The van der Waals surface area contributed by atoms with Gasteiger partial charge in [-0.3, -0.25) is 13.9 Å². The van der Waals surface area contributed by atoms with Crippen LogP contribution >= 0.6 is 11.6 Å². The Balaban J connectivity index is 1.63. The number of rotatable bonds is 11. The first kappa shape index (κ1) is 30.6. The number of anilines is 1.